The van der Waals surface area contributed by atoms with Crippen LogP contribution in [0.4, 0.5) is 0 Å². The minimum Gasteiger partial charge on any atom is -2.00 e. The fourth-order valence-corrected chi connectivity index (χ4v) is 0. The summed E-state index contributed by atoms with van der Waals surface area (Å²) in [6.45, 7) is 0. The van der Waals surface area contributed by atoms with Crippen LogP contribution < -0.4 is 9.59 Å². The molecular formula is Al2O5Si. The molecule has 0 saturated heterocycles. The molecule has 5 nitrogen and oxygen atoms in total. The van der Waals surface area contributed by atoms with Gasteiger partial charge in [-0.15, -0.1) is 0 Å². The van der Waals surface area contributed by atoms with Gasteiger partial charge in [0.25, 0.3) is 0 Å². The summed E-state index contributed by atoms with van der Waals surface area (Å²) in [7, 11) is -3.63. The van der Waals surface area contributed by atoms with Crippen LogP contribution in [0.25, 0.3) is 0 Å². The van der Waals surface area contributed by atoms with Gasteiger partial charge in [-0.25, -0.2) is 0 Å². The van der Waals surface area contributed by atoms with Gasteiger partial charge in [0.1, 0.15) is 0 Å². The smallest absolute Gasteiger partial charge is 2.00 e. The quantitative estimate of drug-likeness (QED) is 0.338. The topological polar surface area (TPSA) is 120 Å². The molecular weight excluding hydrogens is 162 g/mol. The molecule has 40 valence electrons. The Kier molecular flexibility index (Phi) is 122. The van der Waals surface area contributed by atoms with Crippen molar-refractivity contribution >= 4 is 43.9 Å². The largest absolute Gasteiger partial charge is 3.00 e. The van der Waals surface area contributed by atoms with E-state index >= 15 is 0 Å². The Bertz CT molecular complexity index is 33.4. The molecule has 0 bridgehead atoms. The number of rotatable bonds is 0. The number of hydrogen-bond donors (Lipinski definition) is 0. The van der Waals surface area contributed by atoms with Crippen LogP contribution in [0.2, 0.25) is 0 Å². The maximum Gasteiger partial charge on any atom is 3.00 e. The van der Waals surface area contributed by atoms with Crippen molar-refractivity contribution in [3.05, 3.63) is 0 Å². The zero-order valence-electron chi connectivity index (χ0n) is 3.70. The van der Waals surface area contributed by atoms with Gasteiger partial charge in [-0.05, 0) is 0 Å². The normalized spacial score (nSPS) is 3.00. The molecule has 0 fully saturated rings. The van der Waals surface area contributed by atoms with E-state index in [-0.39, 0.29) is 45.7 Å². The van der Waals surface area contributed by atoms with Crippen molar-refractivity contribution < 1.29 is 25.0 Å². The van der Waals surface area contributed by atoms with Crippen LogP contribution in [-0.4, -0.2) is 43.9 Å². The van der Waals surface area contributed by atoms with E-state index in [1.807, 2.05) is 0 Å². The molecule has 8 heteroatoms. The molecule has 0 amide bonds. The summed E-state index contributed by atoms with van der Waals surface area (Å²) in [6.07, 6.45) is 0. The van der Waals surface area contributed by atoms with E-state index in [0.717, 1.165) is 0 Å². The van der Waals surface area contributed by atoms with E-state index in [4.69, 9.17) is 14.1 Å². The Hall–Kier alpha value is 0.602. The van der Waals surface area contributed by atoms with E-state index < -0.39 is 9.17 Å². The van der Waals surface area contributed by atoms with E-state index in [0.29, 0.717) is 0 Å². The molecule has 0 aliphatic carbocycles. The molecule has 0 radical (unpaired) electrons. The van der Waals surface area contributed by atoms with Gasteiger partial charge in [-0.1, -0.05) is 0 Å². The van der Waals surface area contributed by atoms with Gasteiger partial charge < -0.3 is 25.0 Å². The van der Waals surface area contributed by atoms with Crippen LogP contribution in [0.1, 0.15) is 0 Å². The average Bonchev–Trinajstić information content (AvgIpc) is 0.811. The van der Waals surface area contributed by atoms with Crippen molar-refractivity contribution in [2.75, 3.05) is 0 Å². The van der Waals surface area contributed by atoms with Crippen LogP contribution in [0.5, 0.6) is 0 Å². The van der Waals surface area contributed by atoms with Crippen molar-refractivity contribution in [1.82, 2.24) is 0 Å². The van der Waals surface area contributed by atoms with Gasteiger partial charge in [0.2, 0.25) is 0 Å². The standard InChI is InChI=1S/2Al.O3Si.2O/c;;1-4(2)3;;/q2*+3;3*-2. The van der Waals surface area contributed by atoms with Gasteiger partial charge >= 0.3 is 34.7 Å². The summed E-state index contributed by atoms with van der Waals surface area (Å²) in [5.41, 5.74) is 0. The zero-order valence-corrected chi connectivity index (χ0v) is 7.01. The SMILES string of the molecule is O=[Si]([O-])[O-].[Al+3].[Al+3].[O-2].[O-2]. The predicted molar refractivity (Wildman–Crippen MR) is 19.3 cm³/mol. The zero-order chi connectivity index (χ0) is 3.58. The molecule has 8 heavy (non-hydrogen) atoms. The molecule has 0 aliphatic rings. The van der Waals surface area contributed by atoms with Gasteiger partial charge in [0, 0.05) is 9.17 Å². The second kappa shape index (κ2) is 25.5. The molecule has 0 N–H and O–H groups in total. The minimum atomic E-state index is -3.63. The van der Waals surface area contributed by atoms with Gasteiger partial charge in [0.15, 0.2) is 0 Å². The fourth-order valence-electron chi connectivity index (χ4n) is 0. The van der Waals surface area contributed by atoms with Crippen LogP contribution in [0, 0.1) is 0 Å². The van der Waals surface area contributed by atoms with Crippen LogP contribution >= 0.6 is 0 Å². The summed E-state index contributed by atoms with van der Waals surface area (Å²) in [4.78, 5) is 17.0. The molecule has 0 aromatic heterocycles. The molecule has 0 saturated carbocycles. The first kappa shape index (κ1) is 38.3. The van der Waals surface area contributed by atoms with Gasteiger partial charge in [-0.3, -0.25) is 0 Å². The van der Waals surface area contributed by atoms with Crippen molar-refractivity contribution in [2.45, 2.75) is 0 Å². The first-order valence-corrected chi connectivity index (χ1v) is 1.84. The molecule has 0 spiro atoms. The van der Waals surface area contributed by atoms with E-state index in [2.05, 4.69) is 0 Å². The Morgan fingerprint density at radius 1 is 1.00 bits per heavy atom. The Morgan fingerprint density at radius 3 is 1.00 bits per heavy atom. The molecule has 0 unspecified atom stereocenters. The third kappa shape index (κ3) is 572. The minimum absolute atomic E-state index is 0. The summed E-state index contributed by atoms with van der Waals surface area (Å²) in [5, 5.41) is 0. The maximum atomic E-state index is 8.52. The van der Waals surface area contributed by atoms with Crippen molar-refractivity contribution in [3.63, 3.8) is 0 Å². The second-order valence-corrected chi connectivity index (χ2v) is 0.750. The summed E-state index contributed by atoms with van der Waals surface area (Å²) < 4.78 is 8.52. The van der Waals surface area contributed by atoms with Crippen molar-refractivity contribution in [2.24, 2.45) is 0 Å². The van der Waals surface area contributed by atoms with Crippen LogP contribution in [0.15, 0.2) is 0 Å². The van der Waals surface area contributed by atoms with Gasteiger partial charge in [0.05, 0.1) is 0 Å². The summed E-state index contributed by atoms with van der Waals surface area (Å²) in [5.74, 6) is 0. The Labute approximate surface area is 69.1 Å². The van der Waals surface area contributed by atoms with E-state index in [1.54, 1.807) is 0 Å². The molecule has 0 heterocycles. The van der Waals surface area contributed by atoms with Crippen molar-refractivity contribution in [3.8, 4) is 0 Å². The monoisotopic (exact) mass is 162 g/mol. The molecule has 0 atom stereocenters. The predicted octanol–water partition coefficient (Wildman–Crippen LogP) is -3.88. The third-order valence-corrected chi connectivity index (χ3v) is 0. The van der Waals surface area contributed by atoms with Crippen LogP contribution in [-0.2, 0) is 15.4 Å². The Balaban J connectivity index is -0.00000000750. The first-order valence-electron chi connectivity index (χ1n) is 0.612. The van der Waals surface area contributed by atoms with Gasteiger partial charge in [-0.2, -0.15) is 0 Å². The average molecular weight is 162 g/mol. The molecule has 0 aliphatic heterocycles. The van der Waals surface area contributed by atoms with E-state index in [9.17, 15) is 0 Å². The van der Waals surface area contributed by atoms with Crippen molar-refractivity contribution in [1.29, 1.82) is 0 Å². The molecule has 0 aromatic rings. The first-order chi connectivity index (χ1) is 1.73. The summed E-state index contributed by atoms with van der Waals surface area (Å²) in [6, 6.07) is 0. The van der Waals surface area contributed by atoms with Crippen LogP contribution in [0.3, 0.4) is 0 Å². The second-order valence-electron chi connectivity index (χ2n) is 0.250. The fraction of sp³-hybridized carbons (Fsp3) is 0. The Morgan fingerprint density at radius 2 is 1.00 bits per heavy atom. The molecule has 0 aromatic carbocycles. The molecule has 0 rings (SSSR count). The summed E-state index contributed by atoms with van der Waals surface area (Å²) >= 11 is 0. The maximum absolute atomic E-state index is 8.52. The number of hydrogen-bond acceptors (Lipinski definition) is 3. The third-order valence-electron chi connectivity index (χ3n) is 0. The van der Waals surface area contributed by atoms with E-state index in [1.165, 1.54) is 0 Å².